The number of carbonyl (C=O) groups is 1. The molecule has 0 aliphatic heterocycles. The van der Waals surface area contributed by atoms with Gasteiger partial charge in [-0.3, -0.25) is 0 Å². The maximum absolute atomic E-state index is 14.0. The van der Waals surface area contributed by atoms with Gasteiger partial charge in [0.05, 0.1) is 28.6 Å². The van der Waals surface area contributed by atoms with Gasteiger partial charge in [-0.05, 0) is 65.6 Å². The van der Waals surface area contributed by atoms with Crippen LogP contribution in [0.25, 0.3) is 10.9 Å². The van der Waals surface area contributed by atoms with Crippen molar-refractivity contribution in [2.24, 2.45) is 0 Å². The van der Waals surface area contributed by atoms with Crippen LogP contribution in [-0.4, -0.2) is 30.6 Å². The van der Waals surface area contributed by atoms with E-state index in [2.05, 4.69) is 0 Å². The van der Waals surface area contributed by atoms with Crippen molar-refractivity contribution in [3.8, 4) is 5.75 Å². The minimum absolute atomic E-state index is 0.0187. The summed E-state index contributed by atoms with van der Waals surface area (Å²) in [5.41, 5.74) is 0.0657. The second kappa shape index (κ2) is 9.50. The molecule has 1 N–H and O–H groups in total. The number of ether oxygens (including phenoxy) is 1. The molecule has 3 aromatic carbocycles. The van der Waals surface area contributed by atoms with Gasteiger partial charge in [-0.2, -0.15) is 13.2 Å². The predicted octanol–water partition coefficient (Wildman–Crippen LogP) is 6.49. The van der Waals surface area contributed by atoms with Crippen molar-refractivity contribution in [1.29, 1.82) is 0 Å². The van der Waals surface area contributed by atoms with E-state index in [-0.39, 0.29) is 38.9 Å². The van der Waals surface area contributed by atoms with E-state index in [1.807, 2.05) is 26.8 Å². The molecule has 0 aliphatic carbocycles. The highest BCUT2D eigenvalue weighted by molar-refractivity contribution is 7.90. The molecule has 0 atom stereocenters. The highest BCUT2D eigenvalue weighted by atomic mass is 32.2. The average Bonchev–Trinajstić information content (AvgIpc) is 3.20. The third-order valence-corrected chi connectivity index (χ3v) is 8.06. The molecule has 0 amide bonds. The summed E-state index contributed by atoms with van der Waals surface area (Å²) in [4.78, 5) is 11.5. The van der Waals surface area contributed by atoms with Gasteiger partial charge in [-0.1, -0.05) is 32.9 Å². The number of halogens is 3. The number of hydrogen-bond acceptors (Lipinski definition) is 4. The molecule has 0 unspecified atom stereocenters. The van der Waals surface area contributed by atoms with Gasteiger partial charge >= 0.3 is 12.1 Å². The van der Waals surface area contributed by atoms with Gasteiger partial charge in [0.1, 0.15) is 5.75 Å². The molecule has 0 saturated heterocycles. The Morgan fingerprint density at radius 2 is 1.66 bits per heavy atom. The topological polar surface area (TPSA) is 85.6 Å². The first-order chi connectivity index (χ1) is 17.6. The summed E-state index contributed by atoms with van der Waals surface area (Å²) in [6.07, 6.45) is -4.73. The number of methoxy groups -OCH3 is 1. The third kappa shape index (κ3) is 5.13. The van der Waals surface area contributed by atoms with E-state index < -0.39 is 27.7 Å². The van der Waals surface area contributed by atoms with Crippen LogP contribution < -0.4 is 4.74 Å². The maximum atomic E-state index is 14.0. The van der Waals surface area contributed by atoms with Crippen LogP contribution in [0.1, 0.15) is 53.5 Å². The minimum atomic E-state index is -4.62. The number of nitrogens with zero attached hydrogens (tertiary/aromatic N) is 1. The molecule has 1 aromatic heterocycles. The van der Waals surface area contributed by atoms with Crippen molar-refractivity contribution in [2.45, 2.75) is 43.7 Å². The van der Waals surface area contributed by atoms with E-state index in [4.69, 9.17) is 4.74 Å². The highest BCUT2D eigenvalue weighted by Crippen LogP contribution is 2.35. The number of hydrogen-bond donors (Lipinski definition) is 1. The molecule has 6 nitrogen and oxygen atoms in total. The lowest BCUT2D eigenvalue weighted by Gasteiger charge is -2.20. The Labute approximate surface area is 218 Å². The Balaban J connectivity index is 1.98. The summed E-state index contributed by atoms with van der Waals surface area (Å²) in [6, 6.07) is 14.9. The summed E-state index contributed by atoms with van der Waals surface area (Å²) in [5, 5.41) is 9.52. The molecule has 4 rings (SSSR count). The fourth-order valence-corrected chi connectivity index (χ4v) is 5.89. The zero-order valence-corrected chi connectivity index (χ0v) is 21.9. The number of fused-ring (bicyclic) bond motifs is 1. The van der Waals surface area contributed by atoms with Crippen molar-refractivity contribution in [3.05, 3.63) is 94.7 Å². The Kier molecular flexibility index (Phi) is 6.82. The quantitative estimate of drug-likeness (QED) is 0.299. The maximum Gasteiger partial charge on any atom is 0.416 e. The van der Waals surface area contributed by atoms with Crippen LogP contribution in [0.5, 0.6) is 5.75 Å². The number of rotatable bonds is 6. The lowest BCUT2D eigenvalue weighted by Crippen LogP contribution is -2.18. The summed E-state index contributed by atoms with van der Waals surface area (Å²) >= 11 is 0. The first kappa shape index (κ1) is 27.3. The van der Waals surface area contributed by atoms with Crippen molar-refractivity contribution in [1.82, 2.24) is 3.97 Å². The number of carboxylic acids is 1. The van der Waals surface area contributed by atoms with Crippen LogP contribution >= 0.6 is 0 Å². The Hall–Kier alpha value is -3.79. The molecule has 0 bridgehead atoms. The van der Waals surface area contributed by atoms with Gasteiger partial charge in [0.15, 0.2) is 0 Å². The molecule has 0 radical (unpaired) electrons. The molecule has 0 spiro atoms. The smallest absolute Gasteiger partial charge is 0.416 e. The summed E-state index contributed by atoms with van der Waals surface area (Å²) in [6.45, 7) is 5.82. The Bertz CT molecular complexity index is 1650. The van der Waals surface area contributed by atoms with Crippen molar-refractivity contribution in [2.75, 3.05) is 7.11 Å². The molecular weight excluding hydrogens is 519 g/mol. The normalized spacial score (nSPS) is 12.6. The molecule has 200 valence electrons. The molecule has 0 aliphatic rings. The van der Waals surface area contributed by atoms with E-state index in [0.717, 1.165) is 27.7 Å². The standard InChI is InChI=1S/C28H26F3NO5S/c1-27(2,3)20-6-5-7-23(16-20)38(35,36)32-22(14-18-13-21(28(29,30)31)9-10-24(18)32)15-19-12-17(26(33)34)8-11-25(19)37-4/h5-14,16H,15H2,1-4H3,(H,33,34). The van der Waals surface area contributed by atoms with Gasteiger partial charge in [-0.25, -0.2) is 17.2 Å². The summed E-state index contributed by atoms with van der Waals surface area (Å²) in [5.74, 6) is -0.870. The van der Waals surface area contributed by atoms with E-state index in [9.17, 15) is 31.5 Å². The fourth-order valence-electron chi connectivity index (χ4n) is 4.30. The third-order valence-electron chi connectivity index (χ3n) is 6.29. The second-order valence-electron chi connectivity index (χ2n) is 9.96. The molecule has 0 saturated carbocycles. The van der Waals surface area contributed by atoms with Gasteiger partial charge < -0.3 is 9.84 Å². The average molecular weight is 546 g/mol. The van der Waals surface area contributed by atoms with Crippen LogP contribution in [-0.2, 0) is 28.0 Å². The van der Waals surface area contributed by atoms with E-state index in [0.29, 0.717) is 11.3 Å². The van der Waals surface area contributed by atoms with Crippen molar-refractivity contribution >= 4 is 26.9 Å². The van der Waals surface area contributed by atoms with Crippen LogP contribution in [0.4, 0.5) is 13.2 Å². The van der Waals surface area contributed by atoms with Gasteiger partial charge in [0.25, 0.3) is 10.0 Å². The Morgan fingerprint density at radius 3 is 2.26 bits per heavy atom. The summed E-state index contributed by atoms with van der Waals surface area (Å²) < 4.78 is 74.8. The van der Waals surface area contributed by atoms with Crippen molar-refractivity contribution in [3.63, 3.8) is 0 Å². The fraction of sp³-hybridized carbons (Fsp3) is 0.250. The van der Waals surface area contributed by atoms with Crippen molar-refractivity contribution < 1.29 is 36.2 Å². The first-order valence-electron chi connectivity index (χ1n) is 11.6. The molecule has 4 aromatic rings. The van der Waals surface area contributed by atoms with Gasteiger partial charge in [-0.15, -0.1) is 0 Å². The molecule has 10 heteroatoms. The number of aromatic nitrogens is 1. The number of aromatic carboxylic acids is 1. The predicted molar refractivity (Wildman–Crippen MR) is 137 cm³/mol. The van der Waals surface area contributed by atoms with Crippen LogP contribution in [0.3, 0.4) is 0 Å². The zero-order chi connectivity index (χ0) is 28.0. The largest absolute Gasteiger partial charge is 0.496 e. The van der Waals surface area contributed by atoms with E-state index >= 15 is 0 Å². The number of benzene rings is 3. The SMILES string of the molecule is COc1ccc(C(=O)O)cc1Cc1cc2cc(C(F)(F)F)ccc2n1S(=O)(=O)c1cccc(C(C)(C)C)c1. The van der Waals surface area contributed by atoms with E-state index in [1.54, 1.807) is 12.1 Å². The Morgan fingerprint density at radius 1 is 0.947 bits per heavy atom. The molecule has 38 heavy (non-hydrogen) atoms. The van der Waals surface area contributed by atoms with Gasteiger partial charge in [0.2, 0.25) is 0 Å². The van der Waals surface area contributed by atoms with Gasteiger partial charge in [0, 0.05) is 23.1 Å². The highest BCUT2D eigenvalue weighted by Gasteiger charge is 2.32. The van der Waals surface area contributed by atoms with E-state index in [1.165, 1.54) is 37.4 Å². The number of carboxylic acid groups (broad SMARTS) is 1. The minimum Gasteiger partial charge on any atom is -0.496 e. The lowest BCUT2D eigenvalue weighted by molar-refractivity contribution is -0.137. The second-order valence-corrected chi connectivity index (χ2v) is 11.7. The summed E-state index contributed by atoms with van der Waals surface area (Å²) in [7, 11) is -2.88. The van der Waals surface area contributed by atoms with Crippen LogP contribution in [0.2, 0.25) is 0 Å². The molecule has 0 fully saturated rings. The molecule has 1 heterocycles. The lowest BCUT2D eigenvalue weighted by atomic mass is 9.87. The van der Waals surface area contributed by atoms with Crippen LogP contribution in [0, 0.1) is 0 Å². The monoisotopic (exact) mass is 545 g/mol. The van der Waals surface area contributed by atoms with Crippen LogP contribution in [0.15, 0.2) is 71.6 Å². The zero-order valence-electron chi connectivity index (χ0n) is 21.1. The molecular formula is C28H26F3NO5S. The first-order valence-corrected chi connectivity index (χ1v) is 13.0. The number of alkyl halides is 3.